The summed E-state index contributed by atoms with van der Waals surface area (Å²) in [6.07, 6.45) is 1.46. The van der Waals surface area contributed by atoms with Crippen LogP contribution in [0.15, 0.2) is 17.5 Å². The Balaban J connectivity index is 1.73. The Morgan fingerprint density at radius 3 is 2.77 bits per heavy atom. The topological polar surface area (TPSA) is 53.4 Å². The predicted molar refractivity (Wildman–Crippen MR) is 90.5 cm³/mol. The van der Waals surface area contributed by atoms with Crippen LogP contribution in [-0.4, -0.2) is 40.1 Å². The van der Waals surface area contributed by atoms with Crippen molar-refractivity contribution in [2.24, 2.45) is 5.92 Å². The number of likely N-dealkylation sites (tertiary alicyclic amines) is 1. The van der Waals surface area contributed by atoms with Crippen LogP contribution >= 0.6 is 22.7 Å². The van der Waals surface area contributed by atoms with E-state index < -0.39 is 0 Å². The Morgan fingerprint density at radius 2 is 2.18 bits per heavy atom. The van der Waals surface area contributed by atoms with E-state index in [1.54, 1.807) is 11.3 Å². The molecule has 1 aliphatic rings. The molecule has 1 atom stereocenters. The van der Waals surface area contributed by atoms with Gasteiger partial charge in [-0.3, -0.25) is 4.79 Å². The molecule has 22 heavy (non-hydrogen) atoms. The highest BCUT2D eigenvalue weighted by Crippen LogP contribution is 2.32. The fourth-order valence-electron chi connectivity index (χ4n) is 2.83. The highest BCUT2D eigenvalue weighted by atomic mass is 32.1. The number of hydrogen-bond donors (Lipinski definition) is 1. The zero-order chi connectivity index (χ0) is 15.7. The molecular weight excluding hydrogens is 316 g/mol. The average Bonchev–Trinajstić information content (AvgIpc) is 3.16. The van der Waals surface area contributed by atoms with E-state index in [0.717, 1.165) is 46.4 Å². The van der Waals surface area contributed by atoms with E-state index >= 15 is 0 Å². The first kappa shape index (κ1) is 15.6. The van der Waals surface area contributed by atoms with Gasteiger partial charge < -0.3 is 10.0 Å². The molecule has 0 spiro atoms. The molecule has 2 aromatic rings. The van der Waals surface area contributed by atoms with Crippen LogP contribution in [0.25, 0.3) is 9.88 Å². The SMILES string of the molecule is Cc1nc(-c2cccs2)sc1C(=O)N1CCC(C(C)O)CC1. The third kappa shape index (κ3) is 3.09. The van der Waals surface area contributed by atoms with Gasteiger partial charge in [-0.15, -0.1) is 22.7 Å². The van der Waals surface area contributed by atoms with Gasteiger partial charge in [-0.2, -0.15) is 0 Å². The number of aliphatic hydroxyl groups excluding tert-OH is 1. The van der Waals surface area contributed by atoms with Gasteiger partial charge in [-0.05, 0) is 44.1 Å². The molecule has 2 aromatic heterocycles. The number of amides is 1. The highest BCUT2D eigenvalue weighted by Gasteiger charge is 2.28. The molecule has 118 valence electrons. The van der Waals surface area contributed by atoms with Crippen molar-refractivity contribution in [3.8, 4) is 9.88 Å². The van der Waals surface area contributed by atoms with Gasteiger partial charge in [-0.1, -0.05) is 6.07 Å². The van der Waals surface area contributed by atoms with Gasteiger partial charge in [0.15, 0.2) is 0 Å². The van der Waals surface area contributed by atoms with Gasteiger partial charge in [0.2, 0.25) is 0 Å². The quantitative estimate of drug-likeness (QED) is 0.934. The molecule has 1 amide bonds. The predicted octanol–water partition coefficient (Wildman–Crippen LogP) is 3.41. The fourth-order valence-corrected chi connectivity index (χ4v) is 4.66. The molecule has 3 rings (SSSR count). The second-order valence-corrected chi connectivity index (χ2v) is 7.73. The number of aliphatic hydroxyl groups is 1. The smallest absolute Gasteiger partial charge is 0.265 e. The molecule has 1 unspecified atom stereocenters. The van der Waals surface area contributed by atoms with Crippen molar-refractivity contribution in [3.63, 3.8) is 0 Å². The Morgan fingerprint density at radius 1 is 1.45 bits per heavy atom. The van der Waals surface area contributed by atoms with Crippen molar-refractivity contribution < 1.29 is 9.90 Å². The fraction of sp³-hybridized carbons (Fsp3) is 0.500. The first-order valence-electron chi connectivity index (χ1n) is 7.55. The number of hydrogen-bond acceptors (Lipinski definition) is 5. The van der Waals surface area contributed by atoms with Crippen LogP contribution in [0.3, 0.4) is 0 Å². The molecule has 0 aromatic carbocycles. The zero-order valence-corrected chi connectivity index (χ0v) is 14.4. The largest absolute Gasteiger partial charge is 0.393 e. The number of rotatable bonds is 3. The lowest BCUT2D eigenvalue weighted by atomic mass is 9.92. The van der Waals surface area contributed by atoms with E-state index in [1.165, 1.54) is 11.3 Å². The van der Waals surface area contributed by atoms with Gasteiger partial charge in [0.25, 0.3) is 5.91 Å². The maximum atomic E-state index is 12.7. The molecule has 6 heteroatoms. The number of aromatic nitrogens is 1. The summed E-state index contributed by atoms with van der Waals surface area (Å²) in [5, 5.41) is 12.6. The van der Waals surface area contributed by atoms with Crippen molar-refractivity contribution in [1.29, 1.82) is 0 Å². The second kappa shape index (κ2) is 6.48. The molecule has 1 aliphatic heterocycles. The minimum absolute atomic E-state index is 0.0850. The minimum atomic E-state index is -0.284. The third-order valence-electron chi connectivity index (χ3n) is 4.23. The van der Waals surface area contributed by atoms with E-state index in [-0.39, 0.29) is 12.0 Å². The van der Waals surface area contributed by atoms with E-state index in [9.17, 15) is 9.90 Å². The second-order valence-electron chi connectivity index (χ2n) is 5.78. The lowest BCUT2D eigenvalue weighted by Gasteiger charge is -2.33. The summed E-state index contributed by atoms with van der Waals surface area (Å²) in [6, 6.07) is 4.03. The van der Waals surface area contributed by atoms with Crippen LogP contribution in [0, 0.1) is 12.8 Å². The van der Waals surface area contributed by atoms with E-state index in [4.69, 9.17) is 0 Å². The summed E-state index contributed by atoms with van der Waals surface area (Å²) in [5.74, 6) is 0.398. The van der Waals surface area contributed by atoms with Gasteiger partial charge in [0.05, 0.1) is 16.7 Å². The summed E-state index contributed by atoms with van der Waals surface area (Å²) >= 11 is 3.13. The summed E-state index contributed by atoms with van der Waals surface area (Å²) in [6.45, 7) is 5.19. The Kier molecular flexibility index (Phi) is 4.61. The van der Waals surface area contributed by atoms with Crippen LogP contribution in [0.4, 0.5) is 0 Å². The lowest BCUT2D eigenvalue weighted by molar-refractivity contribution is 0.0524. The standard InChI is InChI=1S/C16H20N2O2S2/c1-10-14(22-15(17-10)13-4-3-9-21-13)16(20)18-7-5-12(6-8-18)11(2)19/h3-4,9,11-12,19H,5-8H2,1-2H3. The lowest BCUT2D eigenvalue weighted by Crippen LogP contribution is -2.40. The summed E-state index contributed by atoms with van der Waals surface area (Å²) in [4.78, 5) is 21.0. The molecule has 0 bridgehead atoms. The molecule has 0 aliphatic carbocycles. The first-order valence-corrected chi connectivity index (χ1v) is 9.24. The van der Waals surface area contributed by atoms with Crippen molar-refractivity contribution in [2.75, 3.05) is 13.1 Å². The molecular formula is C16H20N2O2S2. The maximum Gasteiger partial charge on any atom is 0.265 e. The van der Waals surface area contributed by atoms with Crippen LogP contribution in [-0.2, 0) is 0 Å². The van der Waals surface area contributed by atoms with Gasteiger partial charge in [-0.25, -0.2) is 4.98 Å². The van der Waals surface area contributed by atoms with Gasteiger partial charge in [0.1, 0.15) is 9.88 Å². The van der Waals surface area contributed by atoms with Crippen LogP contribution in [0.2, 0.25) is 0 Å². The van der Waals surface area contributed by atoms with Gasteiger partial charge >= 0.3 is 0 Å². The number of carbonyl (C=O) groups is 1. The van der Waals surface area contributed by atoms with E-state index in [2.05, 4.69) is 4.98 Å². The Labute approximate surface area is 138 Å². The number of nitrogens with zero attached hydrogens (tertiary/aromatic N) is 2. The number of thiophene rings is 1. The van der Waals surface area contributed by atoms with Crippen LogP contribution in [0.1, 0.15) is 35.1 Å². The zero-order valence-electron chi connectivity index (χ0n) is 12.8. The summed E-state index contributed by atoms with van der Waals surface area (Å²) in [7, 11) is 0. The number of aryl methyl sites for hydroxylation is 1. The molecule has 0 saturated carbocycles. The Bertz CT molecular complexity index is 641. The normalized spacial score (nSPS) is 17.7. The molecule has 4 nitrogen and oxygen atoms in total. The average molecular weight is 336 g/mol. The van der Waals surface area contributed by atoms with Crippen molar-refractivity contribution in [3.05, 3.63) is 28.1 Å². The maximum absolute atomic E-state index is 12.7. The molecule has 3 heterocycles. The van der Waals surface area contributed by atoms with Crippen LogP contribution < -0.4 is 0 Å². The minimum Gasteiger partial charge on any atom is -0.393 e. The number of piperidine rings is 1. The van der Waals surface area contributed by atoms with E-state index in [1.807, 2.05) is 36.3 Å². The van der Waals surface area contributed by atoms with Crippen LogP contribution in [0.5, 0.6) is 0 Å². The molecule has 1 fully saturated rings. The first-order chi connectivity index (χ1) is 10.6. The third-order valence-corrected chi connectivity index (χ3v) is 6.42. The van der Waals surface area contributed by atoms with Crippen molar-refractivity contribution >= 4 is 28.6 Å². The molecule has 1 N–H and O–H groups in total. The van der Waals surface area contributed by atoms with E-state index in [0.29, 0.717) is 5.92 Å². The summed E-state index contributed by atoms with van der Waals surface area (Å²) < 4.78 is 0. The van der Waals surface area contributed by atoms with Gasteiger partial charge in [0, 0.05) is 13.1 Å². The van der Waals surface area contributed by atoms with Crippen molar-refractivity contribution in [1.82, 2.24) is 9.88 Å². The number of carbonyl (C=O) groups excluding carboxylic acids is 1. The number of thiazole rings is 1. The highest BCUT2D eigenvalue weighted by molar-refractivity contribution is 7.22. The molecule has 0 radical (unpaired) electrons. The Hall–Kier alpha value is -1.24. The molecule has 1 saturated heterocycles. The van der Waals surface area contributed by atoms with Crippen molar-refractivity contribution in [2.45, 2.75) is 32.8 Å². The summed E-state index contributed by atoms with van der Waals surface area (Å²) in [5.41, 5.74) is 0.816. The monoisotopic (exact) mass is 336 g/mol.